The predicted octanol–water partition coefficient (Wildman–Crippen LogP) is 3.55. The van der Waals surface area contributed by atoms with Gasteiger partial charge in [0.15, 0.2) is 0 Å². The van der Waals surface area contributed by atoms with Gasteiger partial charge in [-0.05, 0) is 47.0 Å². The van der Waals surface area contributed by atoms with Crippen LogP contribution in [0, 0.1) is 13.8 Å². The van der Waals surface area contributed by atoms with Crippen LogP contribution >= 0.6 is 15.9 Å². The third-order valence-electron chi connectivity index (χ3n) is 2.48. The minimum absolute atomic E-state index is 0.750. The first kappa shape index (κ1) is 10.2. The molecule has 3 nitrogen and oxygen atoms in total. The van der Waals surface area contributed by atoms with Gasteiger partial charge in [0.1, 0.15) is 0 Å². The van der Waals surface area contributed by atoms with Crippen LogP contribution in [-0.4, -0.2) is 15.8 Å². The van der Waals surface area contributed by atoms with Crippen molar-refractivity contribution in [3.63, 3.8) is 0 Å². The zero-order chi connectivity index (χ0) is 11.2. The van der Waals surface area contributed by atoms with E-state index in [9.17, 15) is 4.79 Å². The van der Waals surface area contributed by atoms with E-state index in [1.54, 1.807) is 6.20 Å². The Balaban J connectivity index is 2.93. The lowest BCUT2D eigenvalue weighted by Gasteiger charge is -2.06. The van der Waals surface area contributed by atoms with Crippen LogP contribution in [0.1, 0.15) is 11.1 Å². The lowest BCUT2D eigenvalue weighted by Crippen LogP contribution is -2.06. The molecule has 0 unspecified atom stereocenters. The molecule has 0 bridgehead atoms. The summed E-state index contributed by atoms with van der Waals surface area (Å²) in [5, 5.41) is 9.94. The van der Waals surface area contributed by atoms with Gasteiger partial charge in [0.05, 0.1) is 5.52 Å². The van der Waals surface area contributed by atoms with Gasteiger partial charge in [0.25, 0.3) is 0 Å². The summed E-state index contributed by atoms with van der Waals surface area (Å²) in [6, 6.07) is 3.79. The quantitative estimate of drug-likeness (QED) is 0.793. The van der Waals surface area contributed by atoms with Gasteiger partial charge in [-0.3, -0.25) is 4.57 Å². The largest absolute Gasteiger partial charge is 0.464 e. The molecule has 0 aliphatic heterocycles. The molecule has 1 aromatic carbocycles. The minimum Gasteiger partial charge on any atom is -0.464 e. The highest BCUT2D eigenvalue weighted by Gasteiger charge is 2.12. The average Bonchev–Trinajstić information content (AvgIpc) is 2.58. The van der Waals surface area contributed by atoms with Crippen LogP contribution in [-0.2, 0) is 0 Å². The van der Waals surface area contributed by atoms with E-state index in [1.807, 2.05) is 26.0 Å². The summed E-state index contributed by atoms with van der Waals surface area (Å²) in [6.45, 7) is 3.91. The Labute approximate surface area is 95.5 Å². The van der Waals surface area contributed by atoms with E-state index in [4.69, 9.17) is 5.11 Å². The van der Waals surface area contributed by atoms with Crippen LogP contribution in [0.25, 0.3) is 10.9 Å². The van der Waals surface area contributed by atoms with Crippen molar-refractivity contribution in [1.82, 2.24) is 4.57 Å². The summed E-state index contributed by atoms with van der Waals surface area (Å²) < 4.78 is 2.21. The van der Waals surface area contributed by atoms with Gasteiger partial charge < -0.3 is 5.11 Å². The van der Waals surface area contributed by atoms with Gasteiger partial charge in [0, 0.05) is 16.1 Å². The molecule has 2 aromatic rings. The maximum absolute atomic E-state index is 11.0. The maximum atomic E-state index is 11.0. The number of carboxylic acid groups (broad SMARTS) is 1. The molecule has 0 fully saturated rings. The van der Waals surface area contributed by atoms with Crippen molar-refractivity contribution >= 4 is 32.9 Å². The fourth-order valence-corrected chi connectivity index (χ4v) is 2.27. The highest BCUT2D eigenvalue weighted by molar-refractivity contribution is 9.10. The summed E-state index contributed by atoms with van der Waals surface area (Å²) in [4.78, 5) is 11.0. The first-order chi connectivity index (χ1) is 7.02. The summed E-state index contributed by atoms with van der Waals surface area (Å²) in [5.41, 5.74) is 2.83. The van der Waals surface area contributed by atoms with Crippen LogP contribution in [0.4, 0.5) is 4.79 Å². The minimum atomic E-state index is -0.955. The van der Waals surface area contributed by atoms with Crippen molar-refractivity contribution in [3.8, 4) is 0 Å². The molecule has 0 saturated carbocycles. The number of halogens is 1. The van der Waals surface area contributed by atoms with E-state index in [-0.39, 0.29) is 0 Å². The third-order valence-corrected chi connectivity index (χ3v) is 3.53. The molecule has 1 aromatic heterocycles. The van der Waals surface area contributed by atoms with Crippen LogP contribution < -0.4 is 0 Å². The number of aryl methyl sites for hydroxylation is 2. The molecule has 0 amide bonds. The SMILES string of the molecule is Cc1cc(C)c2c(ccn2C(=O)O)c1Br. The number of fused-ring (bicyclic) bond motifs is 1. The summed E-state index contributed by atoms with van der Waals surface area (Å²) in [7, 11) is 0. The number of aromatic nitrogens is 1. The smallest absolute Gasteiger partial charge is 0.416 e. The fraction of sp³-hybridized carbons (Fsp3) is 0.182. The fourth-order valence-electron chi connectivity index (χ4n) is 1.84. The van der Waals surface area contributed by atoms with E-state index >= 15 is 0 Å². The van der Waals surface area contributed by atoms with Gasteiger partial charge in [-0.15, -0.1) is 0 Å². The van der Waals surface area contributed by atoms with Gasteiger partial charge in [-0.1, -0.05) is 6.07 Å². The van der Waals surface area contributed by atoms with Crippen molar-refractivity contribution in [2.75, 3.05) is 0 Å². The lowest BCUT2D eigenvalue weighted by molar-refractivity contribution is 0.197. The van der Waals surface area contributed by atoms with E-state index in [1.165, 1.54) is 4.57 Å². The number of rotatable bonds is 0. The second-order valence-corrected chi connectivity index (χ2v) is 4.35. The zero-order valence-electron chi connectivity index (χ0n) is 8.41. The van der Waals surface area contributed by atoms with Crippen LogP contribution in [0.2, 0.25) is 0 Å². The van der Waals surface area contributed by atoms with E-state index in [0.29, 0.717) is 0 Å². The van der Waals surface area contributed by atoms with Crippen molar-refractivity contribution in [2.24, 2.45) is 0 Å². The predicted molar refractivity (Wildman–Crippen MR) is 62.5 cm³/mol. The Bertz CT molecular complexity index is 557. The van der Waals surface area contributed by atoms with Crippen molar-refractivity contribution < 1.29 is 9.90 Å². The Morgan fingerprint density at radius 2 is 2.07 bits per heavy atom. The Hall–Kier alpha value is -1.29. The standard InChI is InChI=1S/C11H10BrNO2/c1-6-5-7(2)10-8(9(6)12)3-4-13(10)11(14)15/h3-5H,1-2H3,(H,14,15). The number of carbonyl (C=O) groups is 1. The van der Waals surface area contributed by atoms with Gasteiger partial charge in [0.2, 0.25) is 0 Å². The van der Waals surface area contributed by atoms with Crippen molar-refractivity contribution in [2.45, 2.75) is 13.8 Å². The Morgan fingerprint density at radius 3 is 2.67 bits per heavy atom. The van der Waals surface area contributed by atoms with E-state index in [0.717, 1.165) is 26.5 Å². The molecule has 15 heavy (non-hydrogen) atoms. The molecule has 0 aliphatic rings. The van der Waals surface area contributed by atoms with Crippen molar-refractivity contribution in [3.05, 3.63) is 33.9 Å². The highest BCUT2D eigenvalue weighted by Crippen LogP contribution is 2.30. The molecule has 0 spiro atoms. The lowest BCUT2D eigenvalue weighted by atomic mass is 10.1. The molecule has 0 aliphatic carbocycles. The van der Waals surface area contributed by atoms with Crippen LogP contribution in [0.3, 0.4) is 0 Å². The van der Waals surface area contributed by atoms with Gasteiger partial charge >= 0.3 is 6.09 Å². The number of hydrogen-bond donors (Lipinski definition) is 1. The Kier molecular flexibility index (Phi) is 2.31. The Morgan fingerprint density at radius 1 is 1.40 bits per heavy atom. The number of nitrogens with zero attached hydrogens (tertiary/aromatic N) is 1. The van der Waals surface area contributed by atoms with Crippen LogP contribution in [0.15, 0.2) is 22.8 Å². The zero-order valence-corrected chi connectivity index (χ0v) is 10.00. The molecule has 4 heteroatoms. The van der Waals surface area contributed by atoms with Gasteiger partial charge in [-0.25, -0.2) is 4.79 Å². The molecule has 1 N–H and O–H groups in total. The molecular weight excluding hydrogens is 258 g/mol. The van der Waals surface area contributed by atoms with E-state index in [2.05, 4.69) is 15.9 Å². The summed E-state index contributed by atoms with van der Waals surface area (Å²) in [5.74, 6) is 0. The monoisotopic (exact) mass is 267 g/mol. The maximum Gasteiger partial charge on any atom is 0.416 e. The molecule has 2 rings (SSSR count). The molecule has 0 atom stereocenters. The molecule has 78 valence electrons. The van der Waals surface area contributed by atoms with Crippen LogP contribution in [0.5, 0.6) is 0 Å². The normalized spacial score (nSPS) is 10.9. The first-order valence-electron chi connectivity index (χ1n) is 4.52. The second-order valence-electron chi connectivity index (χ2n) is 3.55. The third kappa shape index (κ3) is 1.45. The molecule has 0 radical (unpaired) electrons. The number of hydrogen-bond acceptors (Lipinski definition) is 1. The second kappa shape index (κ2) is 3.38. The first-order valence-corrected chi connectivity index (χ1v) is 5.31. The highest BCUT2D eigenvalue weighted by atomic mass is 79.9. The van der Waals surface area contributed by atoms with Gasteiger partial charge in [-0.2, -0.15) is 0 Å². The summed E-state index contributed by atoms with van der Waals surface area (Å²) in [6.07, 6.45) is 0.619. The average molecular weight is 268 g/mol. The topological polar surface area (TPSA) is 42.2 Å². The summed E-state index contributed by atoms with van der Waals surface area (Å²) >= 11 is 3.47. The van der Waals surface area contributed by atoms with Crippen molar-refractivity contribution in [1.29, 1.82) is 0 Å². The number of benzene rings is 1. The molecular formula is C11H10BrNO2. The van der Waals surface area contributed by atoms with E-state index < -0.39 is 6.09 Å². The molecule has 1 heterocycles. The molecule has 0 saturated heterocycles.